The highest BCUT2D eigenvalue weighted by atomic mass is 19.4. The number of nitrogens with zero attached hydrogens (tertiary/aromatic N) is 2. The van der Waals surface area contributed by atoms with E-state index < -0.39 is 11.7 Å². The maximum atomic E-state index is 13.1. The van der Waals surface area contributed by atoms with Gasteiger partial charge in [0.1, 0.15) is 0 Å². The van der Waals surface area contributed by atoms with Gasteiger partial charge in [-0.3, -0.25) is 9.69 Å². The molecule has 1 aromatic carbocycles. The van der Waals surface area contributed by atoms with Crippen molar-refractivity contribution in [3.05, 3.63) is 34.9 Å². The van der Waals surface area contributed by atoms with Crippen LogP contribution in [0.4, 0.5) is 13.2 Å². The second-order valence-corrected chi connectivity index (χ2v) is 6.30. The number of likely N-dealkylation sites (tertiary alicyclic amines) is 1. The zero-order valence-electron chi connectivity index (χ0n) is 12.5. The molecule has 2 aliphatic rings. The van der Waals surface area contributed by atoms with E-state index in [9.17, 15) is 18.0 Å². The predicted molar refractivity (Wildman–Crippen MR) is 76.2 cm³/mol. The Bertz CT molecular complexity index is 585. The van der Waals surface area contributed by atoms with E-state index in [4.69, 9.17) is 0 Å². The molecule has 1 atom stereocenters. The lowest BCUT2D eigenvalue weighted by Crippen LogP contribution is -2.43. The van der Waals surface area contributed by atoms with Crippen molar-refractivity contribution in [3.63, 3.8) is 0 Å². The molecule has 2 aliphatic heterocycles. The lowest BCUT2D eigenvalue weighted by molar-refractivity contribution is -0.138. The van der Waals surface area contributed by atoms with Crippen LogP contribution in [0.2, 0.25) is 0 Å². The number of halogens is 3. The summed E-state index contributed by atoms with van der Waals surface area (Å²) in [5.41, 5.74) is -0.377. The minimum absolute atomic E-state index is 0.0503. The number of carbonyl (C=O) groups excluding carboxylic acids is 1. The molecule has 0 unspecified atom stereocenters. The van der Waals surface area contributed by atoms with Crippen molar-refractivity contribution < 1.29 is 18.0 Å². The van der Waals surface area contributed by atoms with Crippen LogP contribution in [0.1, 0.15) is 41.3 Å². The Hall–Kier alpha value is -1.56. The van der Waals surface area contributed by atoms with Gasteiger partial charge in [-0.15, -0.1) is 0 Å². The molecule has 0 bridgehead atoms. The van der Waals surface area contributed by atoms with E-state index in [1.165, 1.54) is 23.5 Å². The summed E-state index contributed by atoms with van der Waals surface area (Å²) in [6.45, 7) is 4.42. The Morgan fingerprint density at radius 3 is 2.77 bits per heavy atom. The molecule has 0 aromatic heterocycles. The van der Waals surface area contributed by atoms with Crippen molar-refractivity contribution in [2.75, 3.05) is 19.8 Å². The van der Waals surface area contributed by atoms with Crippen LogP contribution < -0.4 is 0 Å². The van der Waals surface area contributed by atoms with Gasteiger partial charge >= 0.3 is 6.18 Å². The van der Waals surface area contributed by atoms with Crippen molar-refractivity contribution in [1.29, 1.82) is 0 Å². The number of hydrogen-bond donors (Lipinski definition) is 0. The van der Waals surface area contributed by atoms with Gasteiger partial charge < -0.3 is 4.90 Å². The Morgan fingerprint density at radius 2 is 2.09 bits per heavy atom. The summed E-state index contributed by atoms with van der Waals surface area (Å²) in [5, 5.41) is 0. The largest absolute Gasteiger partial charge is 0.416 e. The highest BCUT2D eigenvalue weighted by Crippen LogP contribution is 2.37. The molecule has 22 heavy (non-hydrogen) atoms. The lowest BCUT2D eigenvalue weighted by atomic mass is 10.0. The molecule has 0 saturated carbocycles. The van der Waals surface area contributed by atoms with Crippen molar-refractivity contribution in [2.45, 2.75) is 32.5 Å². The van der Waals surface area contributed by atoms with Gasteiger partial charge in [0.2, 0.25) is 0 Å². The molecule has 1 aromatic rings. The molecule has 120 valence electrons. The molecule has 1 saturated heterocycles. The third kappa shape index (κ3) is 2.84. The molecular weight excluding hydrogens is 293 g/mol. The van der Waals surface area contributed by atoms with E-state index >= 15 is 0 Å². The van der Waals surface area contributed by atoms with Gasteiger partial charge in [-0.25, -0.2) is 0 Å². The lowest BCUT2D eigenvalue weighted by Gasteiger charge is -2.33. The third-order valence-electron chi connectivity index (χ3n) is 4.46. The minimum Gasteiger partial charge on any atom is -0.321 e. The maximum Gasteiger partial charge on any atom is 0.416 e. The first-order chi connectivity index (χ1) is 10.4. The number of alkyl halides is 3. The summed E-state index contributed by atoms with van der Waals surface area (Å²) in [6.07, 6.45) is -2.17. The van der Waals surface area contributed by atoms with Crippen LogP contribution >= 0.6 is 0 Å². The van der Waals surface area contributed by atoms with Gasteiger partial charge in [-0.05, 0) is 43.0 Å². The van der Waals surface area contributed by atoms with E-state index in [2.05, 4.69) is 11.8 Å². The van der Waals surface area contributed by atoms with E-state index in [1.807, 2.05) is 0 Å². The molecule has 0 spiro atoms. The van der Waals surface area contributed by atoms with Crippen LogP contribution in [-0.4, -0.2) is 35.5 Å². The topological polar surface area (TPSA) is 23.6 Å². The van der Waals surface area contributed by atoms with Gasteiger partial charge in [0.05, 0.1) is 12.2 Å². The van der Waals surface area contributed by atoms with Gasteiger partial charge in [0.25, 0.3) is 5.91 Å². The van der Waals surface area contributed by atoms with Crippen LogP contribution in [-0.2, 0) is 12.7 Å². The Labute approximate surface area is 127 Å². The third-order valence-corrected chi connectivity index (χ3v) is 4.46. The molecule has 0 radical (unpaired) electrons. The van der Waals surface area contributed by atoms with Crippen LogP contribution in [0, 0.1) is 5.92 Å². The molecular formula is C16H19F3N2O. The summed E-state index contributed by atoms with van der Waals surface area (Å²) in [5.74, 6) is 0.277. The van der Waals surface area contributed by atoms with Crippen LogP contribution in [0.25, 0.3) is 0 Å². The molecule has 3 nitrogen and oxygen atoms in total. The fraction of sp³-hybridized carbons (Fsp3) is 0.562. The van der Waals surface area contributed by atoms with Crippen molar-refractivity contribution in [2.24, 2.45) is 5.92 Å². The number of fused-ring (bicyclic) bond motifs is 1. The SMILES string of the molecule is C[C@H]1CCCN(CN2Cc3c(cccc3C(F)(F)F)C2=O)C1. The van der Waals surface area contributed by atoms with Crippen LogP contribution in [0.3, 0.4) is 0 Å². The van der Waals surface area contributed by atoms with Crippen molar-refractivity contribution in [1.82, 2.24) is 9.80 Å². The first-order valence-electron chi connectivity index (χ1n) is 7.57. The fourth-order valence-corrected chi connectivity index (χ4v) is 3.43. The first-order valence-corrected chi connectivity index (χ1v) is 7.57. The molecule has 1 amide bonds. The average Bonchev–Trinajstić information content (AvgIpc) is 2.75. The molecule has 1 fully saturated rings. The molecule has 0 N–H and O–H groups in total. The monoisotopic (exact) mass is 312 g/mol. The van der Waals surface area contributed by atoms with Gasteiger partial charge in [-0.2, -0.15) is 13.2 Å². The quantitative estimate of drug-likeness (QED) is 0.836. The Morgan fingerprint density at radius 1 is 1.32 bits per heavy atom. The van der Waals surface area contributed by atoms with E-state index in [0.717, 1.165) is 25.6 Å². The summed E-state index contributed by atoms with van der Waals surface area (Å²) in [6, 6.07) is 3.86. The second-order valence-electron chi connectivity index (χ2n) is 6.30. The smallest absolute Gasteiger partial charge is 0.321 e. The maximum absolute atomic E-state index is 13.1. The van der Waals surface area contributed by atoms with Gasteiger partial charge in [-0.1, -0.05) is 13.0 Å². The van der Waals surface area contributed by atoms with E-state index in [1.54, 1.807) is 0 Å². The summed E-state index contributed by atoms with van der Waals surface area (Å²) < 4.78 is 39.2. The highest BCUT2D eigenvalue weighted by Gasteiger charge is 2.39. The number of piperidine rings is 1. The Kier molecular flexibility index (Phi) is 3.89. The van der Waals surface area contributed by atoms with Crippen molar-refractivity contribution >= 4 is 5.91 Å². The number of carbonyl (C=O) groups is 1. The molecule has 6 heteroatoms. The van der Waals surface area contributed by atoms with Crippen molar-refractivity contribution in [3.8, 4) is 0 Å². The molecule has 3 rings (SSSR count). The normalized spacial score (nSPS) is 23.0. The van der Waals surface area contributed by atoms with E-state index in [0.29, 0.717) is 12.6 Å². The zero-order valence-corrected chi connectivity index (χ0v) is 12.5. The summed E-state index contributed by atoms with van der Waals surface area (Å²) >= 11 is 0. The first kappa shape index (κ1) is 15.3. The summed E-state index contributed by atoms with van der Waals surface area (Å²) in [4.78, 5) is 16.0. The fourth-order valence-electron chi connectivity index (χ4n) is 3.43. The van der Waals surface area contributed by atoms with Crippen LogP contribution in [0.5, 0.6) is 0 Å². The zero-order chi connectivity index (χ0) is 15.9. The second kappa shape index (κ2) is 5.57. The average molecular weight is 312 g/mol. The number of rotatable bonds is 2. The highest BCUT2D eigenvalue weighted by molar-refractivity contribution is 5.98. The number of hydrogen-bond acceptors (Lipinski definition) is 2. The number of amides is 1. The van der Waals surface area contributed by atoms with Crippen LogP contribution in [0.15, 0.2) is 18.2 Å². The number of benzene rings is 1. The van der Waals surface area contributed by atoms with Gasteiger partial charge in [0.15, 0.2) is 0 Å². The van der Waals surface area contributed by atoms with Gasteiger partial charge in [0, 0.05) is 18.7 Å². The summed E-state index contributed by atoms with van der Waals surface area (Å²) in [7, 11) is 0. The minimum atomic E-state index is -4.42. The molecule has 2 heterocycles. The molecule has 0 aliphatic carbocycles. The predicted octanol–water partition coefficient (Wildman–Crippen LogP) is 3.35. The van der Waals surface area contributed by atoms with E-state index in [-0.39, 0.29) is 23.6 Å². The Balaban J connectivity index is 1.79. The standard InChI is InChI=1S/C16H19F3N2O/c1-11-4-3-7-20(8-11)10-21-9-13-12(15(21)22)5-2-6-14(13)16(17,18)19/h2,5-6,11H,3-4,7-10H2,1H3/t11-/m0/s1.